The standard InChI is InChI=1S/C20H17Cl2N3O4S/c21-13-8-14(22)10-15(9-13)25-19(27)12-30-17-5-2-1-4-16(17)20(28)29-11-18(26)24-7-3-6-23/h1-2,4-5,8-10H,3,7,11-12H2,(H,24,26)(H,25,27). The van der Waals surface area contributed by atoms with Gasteiger partial charge in [-0.15, -0.1) is 11.8 Å². The molecule has 2 aromatic rings. The Bertz CT molecular complexity index is 959. The molecule has 156 valence electrons. The fourth-order valence-corrected chi connectivity index (χ4v) is 3.61. The second-order valence-electron chi connectivity index (χ2n) is 5.83. The zero-order valence-corrected chi connectivity index (χ0v) is 17.9. The number of nitrogens with zero attached hydrogens (tertiary/aromatic N) is 1. The van der Waals surface area contributed by atoms with E-state index >= 15 is 0 Å². The maximum Gasteiger partial charge on any atom is 0.339 e. The van der Waals surface area contributed by atoms with E-state index in [1.807, 2.05) is 6.07 Å². The number of hydrogen-bond acceptors (Lipinski definition) is 6. The summed E-state index contributed by atoms with van der Waals surface area (Å²) in [4.78, 5) is 36.7. The number of benzene rings is 2. The van der Waals surface area contributed by atoms with Crippen LogP contribution < -0.4 is 10.6 Å². The summed E-state index contributed by atoms with van der Waals surface area (Å²) >= 11 is 13.0. The summed E-state index contributed by atoms with van der Waals surface area (Å²) in [6.07, 6.45) is 0.169. The van der Waals surface area contributed by atoms with Crippen molar-refractivity contribution < 1.29 is 19.1 Å². The van der Waals surface area contributed by atoms with E-state index in [0.29, 0.717) is 20.6 Å². The molecule has 2 amide bonds. The fourth-order valence-electron chi connectivity index (χ4n) is 2.25. The van der Waals surface area contributed by atoms with Crippen LogP contribution in [0.1, 0.15) is 16.8 Å². The van der Waals surface area contributed by atoms with Gasteiger partial charge in [-0.05, 0) is 30.3 Å². The lowest BCUT2D eigenvalue weighted by atomic mass is 10.2. The molecule has 30 heavy (non-hydrogen) atoms. The van der Waals surface area contributed by atoms with Gasteiger partial charge in [0.15, 0.2) is 6.61 Å². The first-order valence-corrected chi connectivity index (χ1v) is 10.4. The van der Waals surface area contributed by atoms with Crippen LogP contribution in [0.15, 0.2) is 47.4 Å². The summed E-state index contributed by atoms with van der Waals surface area (Å²) in [5.41, 5.74) is 0.708. The van der Waals surface area contributed by atoms with Gasteiger partial charge in [0.25, 0.3) is 5.91 Å². The molecule has 2 aromatic carbocycles. The Kier molecular flexibility index (Phi) is 9.48. The van der Waals surface area contributed by atoms with Crippen molar-refractivity contribution >= 4 is 58.4 Å². The summed E-state index contributed by atoms with van der Waals surface area (Å²) in [7, 11) is 0. The van der Waals surface area contributed by atoms with Crippen LogP contribution in [0.2, 0.25) is 10.0 Å². The lowest BCUT2D eigenvalue weighted by molar-refractivity contribution is -0.124. The van der Waals surface area contributed by atoms with Crippen LogP contribution in [0.5, 0.6) is 0 Å². The average Bonchev–Trinajstić information content (AvgIpc) is 2.70. The minimum atomic E-state index is -0.685. The van der Waals surface area contributed by atoms with Crippen molar-refractivity contribution in [2.75, 3.05) is 24.2 Å². The summed E-state index contributed by atoms with van der Waals surface area (Å²) in [5, 5.41) is 14.4. The minimum absolute atomic E-state index is 0.0308. The highest BCUT2D eigenvalue weighted by molar-refractivity contribution is 8.00. The number of nitrogens with one attached hydrogen (secondary N) is 2. The van der Waals surface area contributed by atoms with Gasteiger partial charge in [0.2, 0.25) is 5.91 Å². The largest absolute Gasteiger partial charge is 0.452 e. The van der Waals surface area contributed by atoms with Gasteiger partial charge >= 0.3 is 5.97 Å². The topological polar surface area (TPSA) is 108 Å². The maximum absolute atomic E-state index is 12.3. The summed E-state index contributed by atoms with van der Waals surface area (Å²) < 4.78 is 5.01. The molecule has 0 spiro atoms. The Balaban J connectivity index is 1.91. The number of carbonyl (C=O) groups is 3. The molecule has 0 atom stereocenters. The lowest BCUT2D eigenvalue weighted by Crippen LogP contribution is -2.29. The van der Waals surface area contributed by atoms with Gasteiger partial charge in [-0.1, -0.05) is 35.3 Å². The third-order valence-electron chi connectivity index (χ3n) is 3.51. The van der Waals surface area contributed by atoms with Crippen LogP contribution >= 0.6 is 35.0 Å². The predicted octanol–water partition coefficient (Wildman–Crippen LogP) is 3.91. The first kappa shape index (κ1) is 23.5. The van der Waals surface area contributed by atoms with E-state index in [1.54, 1.807) is 42.5 Å². The van der Waals surface area contributed by atoms with Gasteiger partial charge < -0.3 is 15.4 Å². The molecule has 0 radical (unpaired) electrons. The van der Waals surface area contributed by atoms with Crippen molar-refractivity contribution in [2.24, 2.45) is 0 Å². The molecule has 0 fully saturated rings. The van der Waals surface area contributed by atoms with E-state index < -0.39 is 18.5 Å². The molecule has 7 nitrogen and oxygen atoms in total. The van der Waals surface area contributed by atoms with Gasteiger partial charge in [0.1, 0.15) is 0 Å². The maximum atomic E-state index is 12.3. The minimum Gasteiger partial charge on any atom is -0.452 e. The zero-order valence-electron chi connectivity index (χ0n) is 15.6. The molecular weight excluding hydrogens is 449 g/mol. The van der Waals surface area contributed by atoms with Crippen LogP contribution in [0, 0.1) is 11.3 Å². The molecule has 0 saturated heterocycles. The molecular formula is C20H17Cl2N3O4S. The average molecular weight is 466 g/mol. The quantitative estimate of drug-likeness (QED) is 0.330. The highest BCUT2D eigenvalue weighted by Gasteiger charge is 2.15. The van der Waals surface area contributed by atoms with Crippen molar-refractivity contribution in [1.82, 2.24) is 5.32 Å². The highest BCUT2D eigenvalue weighted by atomic mass is 35.5. The van der Waals surface area contributed by atoms with Crippen LogP contribution in [-0.2, 0) is 14.3 Å². The first-order chi connectivity index (χ1) is 14.4. The number of ether oxygens (including phenoxy) is 1. The monoisotopic (exact) mass is 465 g/mol. The Morgan fingerprint density at radius 3 is 2.47 bits per heavy atom. The SMILES string of the molecule is N#CCCNC(=O)COC(=O)c1ccccc1SCC(=O)Nc1cc(Cl)cc(Cl)c1. The van der Waals surface area contributed by atoms with E-state index in [9.17, 15) is 14.4 Å². The normalized spacial score (nSPS) is 10.0. The van der Waals surface area contributed by atoms with Crippen LogP contribution in [0.3, 0.4) is 0 Å². The zero-order chi connectivity index (χ0) is 21.9. The van der Waals surface area contributed by atoms with E-state index in [4.69, 9.17) is 33.2 Å². The van der Waals surface area contributed by atoms with Crippen molar-refractivity contribution in [3.05, 3.63) is 58.1 Å². The Morgan fingerprint density at radius 2 is 1.77 bits per heavy atom. The Labute approximate surface area is 187 Å². The second kappa shape index (κ2) is 12.1. The molecule has 0 unspecified atom stereocenters. The number of anilines is 1. The molecule has 0 heterocycles. The van der Waals surface area contributed by atoms with Crippen LogP contribution in [-0.4, -0.2) is 36.7 Å². The highest BCUT2D eigenvalue weighted by Crippen LogP contribution is 2.25. The summed E-state index contributed by atoms with van der Waals surface area (Å²) in [6, 6.07) is 13.2. The van der Waals surface area contributed by atoms with Gasteiger partial charge in [0.05, 0.1) is 23.8 Å². The van der Waals surface area contributed by atoms with Gasteiger partial charge in [-0.2, -0.15) is 5.26 Å². The summed E-state index contributed by atoms with van der Waals surface area (Å²) in [6.45, 7) is -0.272. The van der Waals surface area contributed by atoms with Crippen molar-refractivity contribution in [3.63, 3.8) is 0 Å². The molecule has 0 aliphatic carbocycles. The third-order valence-corrected chi connectivity index (χ3v) is 5.02. The number of hydrogen-bond donors (Lipinski definition) is 2. The number of esters is 1. The number of halogens is 2. The van der Waals surface area contributed by atoms with Crippen LogP contribution in [0.25, 0.3) is 0 Å². The molecule has 0 aromatic heterocycles. The molecule has 2 N–H and O–H groups in total. The number of carbonyl (C=O) groups excluding carboxylic acids is 3. The predicted molar refractivity (Wildman–Crippen MR) is 116 cm³/mol. The second-order valence-corrected chi connectivity index (χ2v) is 7.72. The van der Waals surface area contributed by atoms with Crippen molar-refractivity contribution in [1.29, 1.82) is 5.26 Å². The fraction of sp³-hybridized carbons (Fsp3) is 0.200. The van der Waals surface area contributed by atoms with Crippen molar-refractivity contribution in [2.45, 2.75) is 11.3 Å². The van der Waals surface area contributed by atoms with Gasteiger partial charge in [0, 0.05) is 27.2 Å². The van der Waals surface area contributed by atoms with E-state index in [-0.39, 0.29) is 30.2 Å². The van der Waals surface area contributed by atoms with Gasteiger partial charge in [-0.25, -0.2) is 4.79 Å². The molecule has 2 rings (SSSR count). The van der Waals surface area contributed by atoms with E-state index in [0.717, 1.165) is 11.8 Å². The number of nitriles is 1. The molecule has 10 heteroatoms. The molecule has 0 aliphatic heterocycles. The summed E-state index contributed by atoms with van der Waals surface area (Å²) in [5.74, 6) is -1.46. The smallest absolute Gasteiger partial charge is 0.339 e. The van der Waals surface area contributed by atoms with Crippen molar-refractivity contribution in [3.8, 4) is 6.07 Å². The third kappa shape index (κ3) is 7.95. The van der Waals surface area contributed by atoms with Crippen LogP contribution in [0.4, 0.5) is 5.69 Å². The van der Waals surface area contributed by atoms with E-state index in [2.05, 4.69) is 10.6 Å². The molecule has 0 bridgehead atoms. The Morgan fingerprint density at radius 1 is 1.07 bits per heavy atom. The molecule has 0 saturated carbocycles. The number of rotatable bonds is 9. The molecule has 0 aliphatic rings. The van der Waals surface area contributed by atoms with E-state index in [1.165, 1.54) is 0 Å². The first-order valence-electron chi connectivity index (χ1n) is 8.67. The Hall–Kier alpha value is -2.73. The number of amides is 2. The lowest BCUT2D eigenvalue weighted by Gasteiger charge is -2.10. The van der Waals surface area contributed by atoms with Gasteiger partial charge in [-0.3, -0.25) is 9.59 Å². The number of thioether (sulfide) groups is 1.